The van der Waals surface area contributed by atoms with Crippen LogP contribution in [-0.2, 0) is 10.0 Å². The fourth-order valence-corrected chi connectivity index (χ4v) is 1.81. The topological polar surface area (TPSA) is 112 Å². The lowest BCUT2D eigenvalue weighted by Gasteiger charge is -2.15. The molecular formula is C7H7F3N2O5S. The number of alkyl halides is 3. The van der Waals surface area contributed by atoms with Gasteiger partial charge >= 0.3 is 6.36 Å². The molecule has 0 bridgehead atoms. The number of halogens is 3. The molecule has 0 aliphatic rings. The highest BCUT2D eigenvalue weighted by Gasteiger charge is 2.37. The summed E-state index contributed by atoms with van der Waals surface area (Å²) in [5.74, 6) is -3.20. The molecule has 1 aromatic heterocycles. The second-order valence-electron chi connectivity index (χ2n) is 2.90. The number of hydrogen-bond acceptors (Lipinski definition) is 6. The minimum absolute atomic E-state index is 0.571. The van der Waals surface area contributed by atoms with Gasteiger partial charge in [-0.3, -0.25) is 0 Å². The number of nitrogens with two attached hydrogens (primary N) is 1. The highest BCUT2D eigenvalue weighted by atomic mass is 32.2. The summed E-state index contributed by atoms with van der Waals surface area (Å²) in [7, 11) is -3.72. The molecule has 0 atom stereocenters. The van der Waals surface area contributed by atoms with Crippen LogP contribution in [0.5, 0.6) is 17.4 Å². The number of aromatic hydroxyl groups is 1. The average molecular weight is 288 g/mol. The molecule has 0 aliphatic heterocycles. The predicted octanol–water partition coefficient (Wildman–Crippen LogP) is 0.342. The Kier molecular flexibility index (Phi) is 3.57. The zero-order chi connectivity index (χ0) is 14.1. The molecule has 0 unspecified atom stereocenters. The van der Waals surface area contributed by atoms with Crippen LogP contribution in [0.3, 0.4) is 0 Å². The number of pyridine rings is 1. The number of methoxy groups -OCH3 is 1. The Morgan fingerprint density at radius 1 is 1.44 bits per heavy atom. The van der Waals surface area contributed by atoms with Gasteiger partial charge in [-0.1, -0.05) is 0 Å². The van der Waals surface area contributed by atoms with E-state index >= 15 is 0 Å². The van der Waals surface area contributed by atoms with Gasteiger partial charge in [0.1, 0.15) is 0 Å². The molecule has 0 fully saturated rings. The van der Waals surface area contributed by atoms with Crippen LogP contribution in [0.4, 0.5) is 13.2 Å². The third kappa shape index (κ3) is 3.13. The summed E-state index contributed by atoms with van der Waals surface area (Å²) in [6.07, 6.45) is -4.63. The molecular weight excluding hydrogens is 281 g/mol. The van der Waals surface area contributed by atoms with Crippen molar-refractivity contribution < 1.29 is 36.2 Å². The quantitative estimate of drug-likeness (QED) is 0.829. The van der Waals surface area contributed by atoms with Gasteiger partial charge in [-0.2, -0.15) is 0 Å². The van der Waals surface area contributed by atoms with Gasteiger partial charge < -0.3 is 14.6 Å². The number of aromatic nitrogens is 1. The lowest BCUT2D eigenvalue weighted by molar-refractivity contribution is -0.276. The number of rotatable bonds is 3. The van der Waals surface area contributed by atoms with Crippen molar-refractivity contribution in [2.45, 2.75) is 11.3 Å². The number of ether oxygens (including phenoxy) is 2. The van der Waals surface area contributed by atoms with Crippen LogP contribution >= 0.6 is 0 Å². The molecule has 1 rings (SSSR count). The first-order valence-electron chi connectivity index (χ1n) is 4.10. The van der Waals surface area contributed by atoms with Gasteiger partial charge in [0.05, 0.1) is 13.3 Å². The molecule has 1 aromatic rings. The van der Waals surface area contributed by atoms with Crippen LogP contribution in [0.1, 0.15) is 0 Å². The average Bonchev–Trinajstić information content (AvgIpc) is 2.13. The van der Waals surface area contributed by atoms with E-state index in [1.165, 1.54) is 0 Å². The van der Waals surface area contributed by atoms with Crippen molar-refractivity contribution in [3.8, 4) is 17.4 Å². The van der Waals surface area contributed by atoms with Gasteiger partial charge in [-0.15, -0.1) is 13.2 Å². The van der Waals surface area contributed by atoms with Crippen molar-refractivity contribution in [1.29, 1.82) is 0 Å². The molecule has 7 nitrogen and oxygen atoms in total. The van der Waals surface area contributed by atoms with Crippen LogP contribution in [0.25, 0.3) is 0 Å². The molecule has 0 saturated heterocycles. The van der Waals surface area contributed by atoms with Gasteiger partial charge in [0, 0.05) is 0 Å². The Morgan fingerprint density at radius 2 is 2.00 bits per heavy atom. The Hall–Kier alpha value is -1.75. The fraction of sp³-hybridized carbons (Fsp3) is 0.286. The van der Waals surface area contributed by atoms with Crippen molar-refractivity contribution in [1.82, 2.24) is 4.98 Å². The maximum Gasteiger partial charge on any atom is 0.573 e. The molecule has 0 radical (unpaired) electrons. The summed E-state index contributed by atoms with van der Waals surface area (Å²) in [5, 5.41) is 13.9. The maximum absolute atomic E-state index is 12.1. The lowest BCUT2D eigenvalue weighted by Crippen LogP contribution is -2.22. The summed E-state index contributed by atoms with van der Waals surface area (Å²) in [6, 6.07) is 0. The molecule has 3 N–H and O–H groups in total. The number of hydrogen-bond donors (Lipinski definition) is 2. The fourth-order valence-electron chi connectivity index (χ4n) is 1.08. The van der Waals surface area contributed by atoms with Gasteiger partial charge in [-0.25, -0.2) is 18.5 Å². The summed E-state index contributed by atoms with van der Waals surface area (Å²) >= 11 is 0. The first-order chi connectivity index (χ1) is 8.06. The van der Waals surface area contributed by atoms with E-state index < -0.39 is 38.7 Å². The summed E-state index contributed by atoms with van der Waals surface area (Å²) < 4.78 is 66.5. The molecule has 0 aromatic carbocycles. The number of nitrogens with zero attached hydrogens (tertiary/aromatic N) is 1. The SMILES string of the molecule is COc1ncc(O)c(S(N)(=O)=O)c1OC(F)(F)F. The van der Waals surface area contributed by atoms with E-state index in [4.69, 9.17) is 0 Å². The first kappa shape index (κ1) is 14.3. The van der Waals surface area contributed by atoms with E-state index in [-0.39, 0.29) is 0 Å². The molecule has 11 heteroatoms. The van der Waals surface area contributed by atoms with Crippen LogP contribution in [0.2, 0.25) is 0 Å². The molecule has 102 valence electrons. The van der Waals surface area contributed by atoms with Gasteiger partial charge in [0.25, 0.3) is 5.88 Å². The Labute approximate surface area is 99.0 Å². The highest BCUT2D eigenvalue weighted by Crippen LogP contribution is 2.40. The summed E-state index contributed by atoms with van der Waals surface area (Å²) in [6.45, 7) is 0. The Balaban J connectivity index is 3.57. The van der Waals surface area contributed by atoms with E-state index in [1.54, 1.807) is 0 Å². The molecule has 0 saturated carbocycles. The zero-order valence-corrected chi connectivity index (χ0v) is 9.54. The minimum atomic E-state index is -5.21. The van der Waals surface area contributed by atoms with Crippen LogP contribution < -0.4 is 14.6 Å². The zero-order valence-electron chi connectivity index (χ0n) is 8.72. The maximum atomic E-state index is 12.1. The normalized spacial score (nSPS) is 12.3. The third-order valence-corrected chi connectivity index (χ3v) is 2.60. The van der Waals surface area contributed by atoms with E-state index in [0.717, 1.165) is 7.11 Å². The predicted molar refractivity (Wildman–Crippen MR) is 50.5 cm³/mol. The van der Waals surface area contributed by atoms with Gasteiger partial charge in [-0.05, 0) is 0 Å². The molecule has 0 spiro atoms. The first-order valence-corrected chi connectivity index (χ1v) is 5.65. The molecule has 0 amide bonds. The largest absolute Gasteiger partial charge is 0.573 e. The van der Waals surface area contributed by atoms with Crippen molar-refractivity contribution >= 4 is 10.0 Å². The Bertz CT molecular complexity index is 557. The van der Waals surface area contributed by atoms with Crippen molar-refractivity contribution in [2.24, 2.45) is 5.14 Å². The second-order valence-corrected chi connectivity index (χ2v) is 4.40. The van der Waals surface area contributed by atoms with E-state index in [1.807, 2.05) is 0 Å². The highest BCUT2D eigenvalue weighted by molar-refractivity contribution is 7.89. The number of primary sulfonamides is 1. The van der Waals surface area contributed by atoms with Crippen molar-refractivity contribution in [2.75, 3.05) is 7.11 Å². The monoisotopic (exact) mass is 288 g/mol. The molecule has 0 aliphatic carbocycles. The van der Waals surface area contributed by atoms with E-state index in [2.05, 4.69) is 19.6 Å². The third-order valence-electron chi connectivity index (χ3n) is 1.63. The van der Waals surface area contributed by atoms with E-state index in [0.29, 0.717) is 6.20 Å². The van der Waals surface area contributed by atoms with Gasteiger partial charge in [0.15, 0.2) is 10.6 Å². The summed E-state index contributed by atoms with van der Waals surface area (Å²) in [5.41, 5.74) is 0. The van der Waals surface area contributed by atoms with Crippen LogP contribution in [-0.4, -0.2) is 32.0 Å². The smallest absolute Gasteiger partial charge is 0.505 e. The second kappa shape index (κ2) is 4.49. The van der Waals surface area contributed by atoms with Crippen LogP contribution in [0.15, 0.2) is 11.1 Å². The summed E-state index contributed by atoms with van der Waals surface area (Å²) in [4.78, 5) is 1.98. The number of sulfonamides is 1. The van der Waals surface area contributed by atoms with Crippen molar-refractivity contribution in [3.63, 3.8) is 0 Å². The van der Waals surface area contributed by atoms with Gasteiger partial charge in [0.2, 0.25) is 15.8 Å². The molecule has 1 heterocycles. The Morgan fingerprint density at radius 3 is 2.39 bits per heavy atom. The van der Waals surface area contributed by atoms with Crippen LogP contribution in [0, 0.1) is 0 Å². The van der Waals surface area contributed by atoms with E-state index in [9.17, 15) is 26.7 Å². The van der Waals surface area contributed by atoms with Crippen molar-refractivity contribution in [3.05, 3.63) is 6.20 Å². The standard InChI is InChI=1S/C7H7F3N2O5S/c1-16-6-4(17-7(8,9)10)5(18(11,14)15)3(13)2-12-6/h2,13H,1H3,(H2,11,14,15). The molecule has 18 heavy (non-hydrogen) atoms. The minimum Gasteiger partial charge on any atom is -0.505 e. The lowest BCUT2D eigenvalue weighted by atomic mass is 10.4.